The highest BCUT2D eigenvalue weighted by Gasteiger charge is 2.39. The minimum Gasteiger partial charge on any atom is -0.340 e. The number of likely N-dealkylation sites (tertiary alicyclic amines) is 1. The second kappa shape index (κ2) is 8.35. The highest BCUT2D eigenvalue weighted by molar-refractivity contribution is 5.87. The lowest BCUT2D eigenvalue weighted by Crippen LogP contribution is -2.58. The third-order valence-corrected chi connectivity index (χ3v) is 5.33. The molecule has 0 aliphatic carbocycles. The van der Waals surface area contributed by atoms with Gasteiger partial charge >= 0.3 is 0 Å². The molecule has 0 bridgehead atoms. The van der Waals surface area contributed by atoms with Crippen LogP contribution in [0.25, 0.3) is 0 Å². The van der Waals surface area contributed by atoms with Crippen molar-refractivity contribution in [2.24, 2.45) is 0 Å². The van der Waals surface area contributed by atoms with Crippen LogP contribution in [0.2, 0.25) is 0 Å². The molecule has 2 aliphatic heterocycles. The van der Waals surface area contributed by atoms with E-state index in [1.807, 2.05) is 4.90 Å². The molecule has 2 fully saturated rings. The fraction of sp³-hybridized carbons (Fsp3) is 0.579. The minimum atomic E-state index is -0.930. The lowest BCUT2D eigenvalue weighted by molar-refractivity contribution is -0.143. The van der Waals surface area contributed by atoms with E-state index in [9.17, 15) is 14.0 Å². The standard InChI is InChI=1S/C19H26FN3O2.ClH/c1-19(2,15-7-3-4-8-16(15)20)18(25)22-10-5-6-14(13-22)23-11-9-21-12-17(23)24;/h3-4,7-8,14,21H,5-6,9-13H2,1-2H3;1H. The molecule has 0 aromatic heterocycles. The van der Waals surface area contributed by atoms with Crippen molar-refractivity contribution in [2.75, 3.05) is 32.7 Å². The summed E-state index contributed by atoms with van der Waals surface area (Å²) in [4.78, 5) is 29.0. The van der Waals surface area contributed by atoms with Crippen LogP contribution in [0.3, 0.4) is 0 Å². The maximum atomic E-state index is 14.2. The van der Waals surface area contributed by atoms with Gasteiger partial charge in [-0.05, 0) is 32.8 Å². The number of nitrogens with one attached hydrogen (secondary N) is 1. The van der Waals surface area contributed by atoms with Crippen LogP contribution in [-0.2, 0) is 15.0 Å². The molecule has 0 saturated carbocycles. The largest absolute Gasteiger partial charge is 0.340 e. The van der Waals surface area contributed by atoms with E-state index >= 15 is 0 Å². The Labute approximate surface area is 160 Å². The third kappa shape index (κ3) is 4.01. The SMILES string of the molecule is CC(C)(C(=O)N1CCCC(N2CCNCC2=O)C1)c1ccccc1F.Cl. The monoisotopic (exact) mass is 383 g/mol. The Hall–Kier alpha value is -1.66. The molecule has 26 heavy (non-hydrogen) atoms. The maximum Gasteiger partial charge on any atom is 0.236 e. The molecule has 1 aromatic rings. The zero-order chi connectivity index (χ0) is 18.0. The van der Waals surface area contributed by atoms with Gasteiger partial charge in [0.15, 0.2) is 0 Å². The van der Waals surface area contributed by atoms with Crippen LogP contribution in [-0.4, -0.2) is 60.4 Å². The average molecular weight is 384 g/mol. The van der Waals surface area contributed by atoms with Gasteiger partial charge in [0, 0.05) is 37.8 Å². The van der Waals surface area contributed by atoms with Gasteiger partial charge in [-0.15, -0.1) is 12.4 Å². The molecule has 1 unspecified atom stereocenters. The van der Waals surface area contributed by atoms with Crippen LogP contribution >= 0.6 is 12.4 Å². The van der Waals surface area contributed by atoms with E-state index in [-0.39, 0.29) is 36.1 Å². The number of rotatable bonds is 3. The summed E-state index contributed by atoms with van der Waals surface area (Å²) in [7, 11) is 0. The number of hydrogen-bond donors (Lipinski definition) is 1. The number of halogens is 2. The topological polar surface area (TPSA) is 52.7 Å². The normalized spacial score (nSPS) is 21.3. The van der Waals surface area contributed by atoms with Gasteiger partial charge in [-0.2, -0.15) is 0 Å². The number of amides is 2. The van der Waals surface area contributed by atoms with Gasteiger partial charge < -0.3 is 15.1 Å². The van der Waals surface area contributed by atoms with Crippen molar-refractivity contribution in [2.45, 2.75) is 38.1 Å². The fourth-order valence-electron chi connectivity index (χ4n) is 3.88. The molecule has 2 saturated heterocycles. The highest BCUT2D eigenvalue weighted by atomic mass is 35.5. The van der Waals surface area contributed by atoms with Crippen LogP contribution in [0.1, 0.15) is 32.3 Å². The first kappa shape index (κ1) is 20.6. The average Bonchev–Trinajstić information content (AvgIpc) is 2.62. The van der Waals surface area contributed by atoms with Crippen LogP contribution in [0.5, 0.6) is 0 Å². The van der Waals surface area contributed by atoms with Crippen molar-refractivity contribution in [3.63, 3.8) is 0 Å². The summed E-state index contributed by atoms with van der Waals surface area (Å²) in [5, 5.41) is 3.08. The van der Waals surface area contributed by atoms with Gasteiger partial charge in [-0.3, -0.25) is 9.59 Å². The van der Waals surface area contributed by atoms with Gasteiger partial charge in [0.25, 0.3) is 0 Å². The molecule has 2 amide bonds. The van der Waals surface area contributed by atoms with Crippen LogP contribution < -0.4 is 5.32 Å². The minimum absolute atomic E-state index is 0. The second-order valence-electron chi connectivity index (χ2n) is 7.42. The first-order valence-electron chi connectivity index (χ1n) is 8.96. The molecule has 5 nitrogen and oxygen atoms in total. The van der Waals surface area contributed by atoms with Crippen molar-refractivity contribution in [1.82, 2.24) is 15.1 Å². The molecule has 0 radical (unpaired) electrons. The van der Waals surface area contributed by atoms with E-state index in [0.717, 1.165) is 19.4 Å². The predicted molar refractivity (Wildman–Crippen MR) is 101 cm³/mol. The summed E-state index contributed by atoms with van der Waals surface area (Å²) in [6, 6.07) is 6.51. The Balaban J connectivity index is 0.00000243. The predicted octanol–water partition coefficient (Wildman–Crippen LogP) is 1.95. The molecule has 2 aliphatic rings. The van der Waals surface area contributed by atoms with Crippen LogP contribution in [0, 0.1) is 5.82 Å². The van der Waals surface area contributed by atoms with E-state index in [2.05, 4.69) is 5.32 Å². The maximum absolute atomic E-state index is 14.2. The van der Waals surface area contributed by atoms with E-state index in [1.165, 1.54) is 6.07 Å². The number of hydrogen-bond acceptors (Lipinski definition) is 3. The number of carbonyl (C=O) groups excluding carboxylic acids is 2. The fourth-order valence-corrected chi connectivity index (χ4v) is 3.88. The Bertz CT molecular complexity index is 668. The lowest BCUT2D eigenvalue weighted by atomic mass is 9.82. The third-order valence-electron chi connectivity index (χ3n) is 5.33. The van der Waals surface area contributed by atoms with Crippen molar-refractivity contribution < 1.29 is 14.0 Å². The summed E-state index contributed by atoms with van der Waals surface area (Å²) in [6.45, 7) is 6.57. The van der Waals surface area contributed by atoms with E-state index in [4.69, 9.17) is 0 Å². The van der Waals surface area contributed by atoms with Crippen molar-refractivity contribution >= 4 is 24.2 Å². The van der Waals surface area contributed by atoms with E-state index < -0.39 is 5.41 Å². The first-order chi connectivity index (χ1) is 11.9. The Morgan fingerprint density at radius 1 is 1.27 bits per heavy atom. The smallest absolute Gasteiger partial charge is 0.236 e. The number of piperazine rings is 1. The van der Waals surface area contributed by atoms with Gasteiger partial charge in [0.05, 0.1) is 12.0 Å². The molecule has 3 rings (SSSR count). The molecule has 7 heteroatoms. The Kier molecular flexibility index (Phi) is 6.64. The van der Waals surface area contributed by atoms with Crippen LogP contribution in [0.4, 0.5) is 4.39 Å². The highest BCUT2D eigenvalue weighted by Crippen LogP contribution is 2.30. The summed E-state index contributed by atoms with van der Waals surface area (Å²) >= 11 is 0. The molecule has 1 aromatic carbocycles. The van der Waals surface area contributed by atoms with E-state index in [0.29, 0.717) is 31.7 Å². The molecule has 1 atom stereocenters. The summed E-state index contributed by atoms with van der Waals surface area (Å²) in [6.07, 6.45) is 1.77. The van der Waals surface area contributed by atoms with E-state index in [1.54, 1.807) is 36.9 Å². The van der Waals surface area contributed by atoms with Crippen molar-refractivity contribution in [3.05, 3.63) is 35.6 Å². The van der Waals surface area contributed by atoms with Crippen molar-refractivity contribution in [1.29, 1.82) is 0 Å². The zero-order valence-electron chi connectivity index (χ0n) is 15.3. The van der Waals surface area contributed by atoms with Gasteiger partial charge in [-0.1, -0.05) is 18.2 Å². The number of benzene rings is 1. The molecule has 144 valence electrons. The summed E-state index contributed by atoms with van der Waals surface area (Å²) < 4.78 is 14.2. The van der Waals surface area contributed by atoms with Gasteiger partial charge in [-0.25, -0.2) is 4.39 Å². The number of piperidine rings is 1. The van der Waals surface area contributed by atoms with Crippen molar-refractivity contribution in [3.8, 4) is 0 Å². The van der Waals surface area contributed by atoms with Crippen LogP contribution in [0.15, 0.2) is 24.3 Å². The molecular formula is C19H27ClFN3O2. The Morgan fingerprint density at radius 2 is 2.00 bits per heavy atom. The Morgan fingerprint density at radius 3 is 2.69 bits per heavy atom. The molecule has 0 spiro atoms. The summed E-state index contributed by atoms with van der Waals surface area (Å²) in [5.41, 5.74) is -0.513. The zero-order valence-corrected chi connectivity index (χ0v) is 16.2. The lowest BCUT2D eigenvalue weighted by Gasteiger charge is -2.43. The molecular weight excluding hydrogens is 357 g/mol. The quantitative estimate of drug-likeness (QED) is 0.868. The summed E-state index contributed by atoms with van der Waals surface area (Å²) in [5.74, 6) is -0.338. The second-order valence-corrected chi connectivity index (χ2v) is 7.42. The number of nitrogens with zero attached hydrogens (tertiary/aromatic N) is 2. The van der Waals surface area contributed by atoms with Gasteiger partial charge in [0.2, 0.25) is 11.8 Å². The number of carbonyl (C=O) groups is 2. The molecule has 1 N–H and O–H groups in total. The van der Waals surface area contributed by atoms with Gasteiger partial charge in [0.1, 0.15) is 5.82 Å². The molecule has 2 heterocycles. The first-order valence-corrected chi connectivity index (χ1v) is 8.96.